The minimum Gasteiger partial charge on any atom is -0.394 e. The summed E-state index contributed by atoms with van der Waals surface area (Å²) in [5.74, 6) is 0.324. The number of aromatic nitrogens is 4. The van der Waals surface area contributed by atoms with Gasteiger partial charge in [0.15, 0.2) is 17.0 Å². The van der Waals surface area contributed by atoms with Crippen LogP contribution in [0.5, 0.6) is 0 Å². The van der Waals surface area contributed by atoms with E-state index in [-0.39, 0.29) is 13.0 Å². The van der Waals surface area contributed by atoms with Gasteiger partial charge in [-0.3, -0.25) is 4.57 Å². The van der Waals surface area contributed by atoms with Crippen molar-refractivity contribution < 1.29 is 30.3 Å². The Kier molecular flexibility index (Phi) is 5.82. The van der Waals surface area contributed by atoms with E-state index in [9.17, 15) is 25.5 Å². The average molecular weight is 604 g/mol. The summed E-state index contributed by atoms with van der Waals surface area (Å²) < 4.78 is 7.53. The Labute approximate surface area is 255 Å². The Morgan fingerprint density at radius 1 is 0.822 bits per heavy atom. The van der Waals surface area contributed by atoms with Crippen molar-refractivity contribution in [2.45, 2.75) is 49.2 Å². The van der Waals surface area contributed by atoms with Gasteiger partial charge in [0.1, 0.15) is 37.0 Å². The highest BCUT2D eigenvalue weighted by Crippen LogP contribution is 2.49. The van der Waals surface area contributed by atoms with Gasteiger partial charge in [-0.25, -0.2) is 15.0 Å². The highest BCUT2D eigenvalue weighted by atomic mass is 16.5. The summed E-state index contributed by atoms with van der Waals surface area (Å²) in [6.07, 6.45) is -3.12. The molecular weight excluding hydrogens is 574 g/mol. The van der Waals surface area contributed by atoms with Crippen LogP contribution in [0, 0.1) is 0 Å². The summed E-state index contributed by atoms with van der Waals surface area (Å²) in [5, 5.41) is 65.5. The molecule has 0 unspecified atom stereocenters. The average Bonchev–Trinajstić information content (AvgIpc) is 3.68. The maximum Gasteiger partial charge on any atom is 0.167 e. The van der Waals surface area contributed by atoms with E-state index in [0.717, 1.165) is 43.1 Å². The molecule has 1 saturated heterocycles. The summed E-state index contributed by atoms with van der Waals surface area (Å²) in [6, 6.07) is 19.5. The number of anilines is 1. The van der Waals surface area contributed by atoms with E-state index in [1.54, 1.807) is 10.9 Å². The molecule has 6 N–H and O–H groups in total. The molecule has 7 aromatic rings. The summed E-state index contributed by atoms with van der Waals surface area (Å²) in [4.78, 5) is 13.5. The van der Waals surface area contributed by atoms with Gasteiger partial charge in [0.05, 0.1) is 25.1 Å². The van der Waals surface area contributed by atoms with Gasteiger partial charge in [-0.2, -0.15) is 0 Å². The molecule has 2 aliphatic rings. The van der Waals surface area contributed by atoms with Gasteiger partial charge in [-0.15, -0.1) is 0 Å². The fourth-order valence-corrected chi connectivity index (χ4v) is 7.59. The Balaban J connectivity index is 1.27. The van der Waals surface area contributed by atoms with Crippen LogP contribution >= 0.6 is 0 Å². The number of aliphatic hydroxyl groups excluding tert-OH is 5. The number of hydrogen-bond donors (Lipinski definition) is 6. The molecule has 11 heteroatoms. The van der Waals surface area contributed by atoms with Crippen molar-refractivity contribution in [3.8, 4) is 0 Å². The first-order valence-corrected chi connectivity index (χ1v) is 15.0. The third-order valence-corrected chi connectivity index (χ3v) is 9.70. The van der Waals surface area contributed by atoms with Gasteiger partial charge in [-0.1, -0.05) is 54.6 Å². The van der Waals surface area contributed by atoms with Crippen molar-refractivity contribution in [1.82, 2.24) is 19.5 Å². The number of rotatable bonds is 4. The third kappa shape index (κ3) is 3.70. The van der Waals surface area contributed by atoms with Crippen molar-refractivity contribution in [3.05, 3.63) is 84.4 Å². The number of fused-ring (bicyclic) bond motifs is 6. The topological polar surface area (TPSA) is 166 Å². The highest BCUT2D eigenvalue weighted by molar-refractivity contribution is 6.34. The first-order valence-electron chi connectivity index (χ1n) is 15.0. The molecule has 3 heterocycles. The standard InChI is InChI=1S/C34H29N5O6/c40-12-22-21(41)11-23(45-22)39-14-37-29-33(35-13-36-34(29)39)38-28-27-20(30(42)32(44)31(28)43)10-16-9-8-15-4-3-7-18-17-5-1-2-6-19(17)26(27)25(16)24(15)18/h1-10,13-14,21-23,28,30-32,40-44H,11-12H2,(H,35,36,38)/t21-,22+,23-,28+,30+,31+,32-/m0/s1. The second kappa shape index (κ2) is 9.75. The second-order valence-electron chi connectivity index (χ2n) is 12.1. The molecule has 1 aliphatic heterocycles. The lowest BCUT2D eigenvalue weighted by Crippen LogP contribution is -2.44. The van der Waals surface area contributed by atoms with Crippen LogP contribution in [0.4, 0.5) is 5.82 Å². The van der Waals surface area contributed by atoms with E-state index in [4.69, 9.17) is 4.74 Å². The number of nitrogens with one attached hydrogen (secondary N) is 1. The summed E-state index contributed by atoms with van der Waals surface area (Å²) in [5.41, 5.74) is 2.05. The van der Waals surface area contributed by atoms with Crippen molar-refractivity contribution in [2.24, 2.45) is 0 Å². The molecular formula is C34H29N5O6. The summed E-state index contributed by atoms with van der Waals surface area (Å²) in [7, 11) is 0. The van der Waals surface area contributed by atoms with Gasteiger partial charge in [0, 0.05) is 6.42 Å². The molecule has 0 spiro atoms. The molecule has 226 valence electrons. The SMILES string of the molecule is OC[C@H]1O[C@H](n2cnc3c(N[C@@H]4c5c(cc6ccc7cccc8c9ccccc9c5c6c78)[C@@H](O)[C@H](O)[C@@H]4O)ncnc32)C[C@@H]1O. The monoisotopic (exact) mass is 603 g/mol. The minimum absolute atomic E-state index is 0.258. The lowest BCUT2D eigenvalue weighted by atomic mass is 9.76. The largest absolute Gasteiger partial charge is 0.394 e. The number of aliphatic hydroxyl groups is 5. The van der Waals surface area contributed by atoms with Gasteiger partial charge < -0.3 is 35.6 Å². The van der Waals surface area contributed by atoms with Gasteiger partial charge in [0.25, 0.3) is 0 Å². The third-order valence-electron chi connectivity index (χ3n) is 9.70. The zero-order chi connectivity index (χ0) is 30.6. The van der Waals surface area contributed by atoms with E-state index < -0.39 is 42.8 Å². The molecule has 0 amide bonds. The highest BCUT2D eigenvalue weighted by Gasteiger charge is 2.43. The molecule has 1 fully saturated rings. The molecule has 11 nitrogen and oxygen atoms in total. The normalized spacial score (nSPS) is 26.9. The Bertz CT molecular complexity index is 2270. The zero-order valence-electron chi connectivity index (χ0n) is 23.8. The van der Waals surface area contributed by atoms with Crippen LogP contribution in [-0.4, -0.2) is 76.1 Å². The Morgan fingerprint density at radius 3 is 2.42 bits per heavy atom. The fourth-order valence-electron chi connectivity index (χ4n) is 7.59. The maximum absolute atomic E-state index is 11.6. The maximum atomic E-state index is 11.6. The summed E-state index contributed by atoms with van der Waals surface area (Å²) >= 11 is 0. The van der Waals surface area contributed by atoms with Crippen LogP contribution in [0.25, 0.3) is 54.3 Å². The van der Waals surface area contributed by atoms with Crippen molar-refractivity contribution in [3.63, 3.8) is 0 Å². The van der Waals surface area contributed by atoms with Gasteiger partial charge in [-0.05, 0) is 60.3 Å². The number of benzene rings is 5. The number of imidazole rings is 1. The molecule has 9 rings (SSSR count). The molecule has 1 aliphatic carbocycles. The predicted molar refractivity (Wildman–Crippen MR) is 168 cm³/mol. The quantitative estimate of drug-likeness (QED) is 0.130. The smallest absolute Gasteiger partial charge is 0.167 e. The second-order valence-corrected chi connectivity index (χ2v) is 12.1. The first kappa shape index (κ1) is 26.9. The minimum atomic E-state index is -1.46. The van der Waals surface area contributed by atoms with E-state index in [1.165, 1.54) is 6.33 Å². The lowest BCUT2D eigenvalue weighted by molar-refractivity contribution is -0.0766. The summed E-state index contributed by atoms with van der Waals surface area (Å²) in [6.45, 7) is -0.309. The van der Waals surface area contributed by atoms with Crippen molar-refractivity contribution in [1.29, 1.82) is 0 Å². The van der Waals surface area contributed by atoms with Crippen molar-refractivity contribution >= 4 is 60.1 Å². The van der Waals surface area contributed by atoms with Gasteiger partial charge >= 0.3 is 0 Å². The lowest BCUT2D eigenvalue weighted by Gasteiger charge is -2.39. The first-order chi connectivity index (χ1) is 21.9. The Hall–Kier alpha value is -4.49. The van der Waals surface area contributed by atoms with Crippen LogP contribution < -0.4 is 5.32 Å². The van der Waals surface area contributed by atoms with E-state index in [0.29, 0.717) is 28.1 Å². The van der Waals surface area contributed by atoms with Crippen LogP contribution in [0.15, 0.2) is 73.3 Å². The van der Waals surface area contributed by atoms with Crippen LogP contribution in [0.1, 0.15) is 35.9 Å². The zero-order valence-corrected chi connectivity index (χ0v) is 23.8. The Morgan fingerprint density at radius 2 is 1.60 bits per heavy atom. The van der Waals surface area contributed by atoms with E-state index in [2.05, 4.69) is 56.7 Å². The fraction of sp³-hybridized carbons (Fsp3) is 0.265. The molecule has 0 radical (unpaired) electrons. The van der Waals surface area contributed by atoms with Crippen molar-refractivity contribution in [2.75, 3.05) is 11.9 Å². The number of ether oxygens (including phenoxy) is 1. The molecule has 0 bridgehead atoms. The van der Waals surface area contributed by atoms with Crippen LogP contribution in [0.2, 0.25) is 0 Å². The molecule has 5 aromatic carbocycles. The van der Waals surface area contributed by atoms with Crippen LogP contribution in [0.3, 0.4) is 0 Å². The molecule has 0 saturated carbocycles. The van der Waals surface area contributed by atoms with E-state index in [1.807, 2.05) is 24.3 Å². The molecule has 2 aromatic heterocycles. The molecule has 7 atom stereocenters. The number of nitrogens with zero attached hydrogens (tertiary/aromatic N) is 4. The van der Waals surface area contributed by atoms with Crippen LogP contribution in [-0.2, 0) is 4.74 Å². The van der Waals surface area contributed by atoms with E-state index >= 15 is 0 Å². The van der Waals surface area contributed by atoms with Gasteiger partial charge in [0.2, 0.25) is 0 Å². The number of hydrogen-bond acceptors (Lipinski definition) is 10. The molecule has 45 heavy (non-hydrogen) atoms. The predicted octanol–water partition coefficient (Wildman–Crippen LogP) is 3.44.